The molecule has 0 aromatic heterocycles. The highest BCUT2D eigenvalue weighted by Crippen LogP contribution is 2.27. The molecule has 5 nitrogen and oxygen atoms in total. The minimum atomic E-state index is -4.83. The summed E-state index contributed by atoms with van der Waals surface area (Å²) in [4.78, 5) is 23.0. The lowest BCUT2D eigenvalue weighted by Crippen LogP contribution is -2.30. The van der Waals surface area contributed by atoms with E-state index in [-0.39, 0.29) is 18.7 Å². The van der Waals surface area contributed by atoms with Gasteiger partial charge in [-0.15, -0.1) is 13.2 Å². The largest absolute Gasteiger partial charge is 0.573 e. The van der Waals surface area contributed by atoms with E-state index in [4.69, 9.17) is 5.11 Å². The number of hydrogen-bond acceptors (Lipinski definition) is 3. The molecule has 1 N–H and O–H groups in total. The number of rotatable bonds is 5. The van der Waals surface area contributed by atoms with E-state index < -0.39 is 24.0 Å². The maximum Gasteiger partial charge on any atom is 0.573 e. The van der Waals surface area contributed by atoms with Gasteiger partial charge in [0.1, 0.15) is 5.75 Å². The fourth-order valence-electron chi connectivity index (χ4n) is 1.52. The van der Waals surface area contributed by atoms with Crippen LogP contribution < -0.4 is 9.64 Å². The zero-order chi connectivity index (χ0) is 15.3. The third kappa shape index (κ3) is 5.17. The Balaban J connectivity index is 2.94. The van der Waals surface area contributed by atoms with E-state index in [2.05, 4.69) is 4.74 Å². The van der Waals surface area contributed by atoms with Crippen molar-refractivity contribution in [2.45, 2.75) is 19.7 Å². The van der Waals surface area contributed by atoms with Crippen molar-refractivity contribution in [2.24, 2.45) is 0 Å². The van der Waals surface area contributed by atoms with E-state index in [0.29, 0.717) is 0 Å². The molecule has 0 bridgehead atoms. The van der Waals surface area contributed by atoms with Crippen LogP contribution in [0.5, 0.6) is 5.75 Å². The average Bonchev–Trinajstić information content (AvgIpc) is 2.26. The van der Waals surface area contributed by atoms with Crippen LogP contribution in [-0.2, 0) is 9.59 Å². The predicted octanol–water partition coefficient (Wildman–Crippen LogP) is 2.41. The first kappa shape index (κ1) is 15.8. The fraction of sp³-hybridized carbons (Fsp3) is 0.333. The molecule has 20 heavy (non-hydrogen) atoms. The van der Waals surface area contributed by atoms with E-state index in [1.54, 1.807) is 0 Å². The molecule has 0 saturated heterocycles. The van der Waals surface area contributed by atoms with Crippen molar-refractivity contribution < 1.29 is 32.6 Å². The molecule has 0 fully saturated rings. The molecule has 0 saturated carbocycles. The standard InChI is InChI=1S/C12H12F3NO4/c1-8(17)16(6-5-11(18)19)9-3-2-4-10(7-9)20-12(13,14)15/h2-4,7H,5-6H2,1H3,(H,18,19). The minimum absolute atomic E-state index is 0.139. The average molecular weight is 291 g/mol. The van der Waals surface area contributed by atoms with Gasteiger partial charge < -0.3 is 14.7 Å². The molecule has 0 aliphatic carbocycles. The Morgan fingerprint density at radius 1 is 1.35 bits per heavy atom. The molecule has 0 aliphatic rings. The number of alkyl halides is 3. The van der Waals surface area contributed by atoms with Crippen molar-refractivity contribution >= 4 is 17.6 Å². The summed E-state index contributed by atoms with van der Waals surface area (Å²) >= 11 is 0. The van der Waals surface area contributed by atoms with Gasteiger partial charge in [-0.25, -0.2) is 0 Å². The number of anilines is 1. The van der Waals surface area contributed by atoms with Gasteiger partial charge >= 0.3 is 12.3 Å². The van der Waals surface area contributed by atoms with Gasteiger partial charge in [0.05, 0.1) is 6.42 Å². The molecule has 0 radical (unpaired) electrons. The molecule has 0 aliphatic heterocycles. The summed E-state index contributed by atoms with van der Waals surface area (Å²) in [5, 5.41) is 8.59. The number of amides is 1. The third-order valence-electron chi connectivity index (χ3n) is 2.29. The first-order chi connectivity index (χ1) is 9.19. The van der Waals surface area contributed by atoms with E-state index >= 15 is 0 Å². The summed E-state index contributed by atoms with van der Waals surface area (Å²) in [7, 11) is 0. The molecule has 0 spiro atoms. The van der Waals surface area contributed by atoms with Crippen LogP contribution in [0.25, 0.3) is 0 Å². The van der Waals surface area contributed by atoms with Gasteiger partial charge in [-0.05, 0) is 12.1 Å². The number of carboxylic acids is 1. The van der Waals surface area contributed by atoms with Crippen LogP contribution in [0.2, 0.25) is 0 Å². The van der Waals surface area contributed by atoms with Gasteiger partial charge in [0.15, 0.2) is 0 Å². The number of nitrogens with zero attached hydrogens (tertiary/aromatic N) is 1. The Bertz CT molecular complexity index is 502. The molecule has 1 amide bonds. The molecular formula is C12H12F3NO4. The van der Waals surface area contributed by atoms with Gasteiger partial charge in [-0.1, -0.05) is 6.07 Å². The predicted molar refractivity (Wildman–Crippen MR) is 63.4 cm³/mol. The SMILES string of the molecule is CC(=O)N(CCC(=O)O)c1cccc(OC(F)(F)F)c1. The lowest BCUT2D eigenvalue weighted by atomic mass is 10.2. The van der Waals surface area contributed by atoms with Crippen LogP contribution in [0.4, 0.5) is 18.9 Å². The Morgan fingerprint density at radius 3 is 2.50 bits per heavy atom. The highest BCUT2D eigenvalue weighted by Gasteiger charge is 2.31. The number of carbonyl (C=O) groups excluding carboxylic acids is 1. The summed E-state index contributed by atoms with van der Waals surface area (Å²) in [5.41, 5.74) is 0.139. The van der Waals surface area contributed by atoms with Crippen LogP contribution in [0, 0.1) is 0 Å². The van der Waals surface area contributed by atoms with Crippen molar-refractivity contribution in [3.8, 4) is 5.75 Å². The zero-order valence-corrected chi connectivity index (χ0v) is 10.5. The lowest BCUT2D eigenvalue weighted by molar-refractivity contribution is -0.274. The molecular weight excluding hydrogens is 279 g/mol. The monoisotopic (exact) mass is 291 g/mol. The Hall–Kier alpha value is -2.25. The summed E-state index contributed by atoms with van der Waals surface area (Å²) in [6, 6.07) is 4.79. The quantitative estimate of drug-likeness (QED) is 0.904. The molecule has 110 valence electrons. The summed E-state index contributed by atoms with van der Waals surface area (Å²) in [5.74, 6) is -2.06. The first-order valence-electron chi connectivity index (χ1n) is 5.55. The molecule has 1 aromatic carbocycles. The number of benzene rings is 1. The normalized spacial score (nSPS) is 11.0. The molecule has 8 heteroatoms. The van der Waals surface area contributed by atoms with Crippen LogP contribution in [0.1, 0.15) is 13.3 Å². The zero-order valence-electron chi connectivity index (χ0n) is 10.5. The first-order valence-corrected chi connectivity index (χ1v) is 5.55. The molecule has 0 unspecified atom stereocenters. The highest BCUT2D eigenvalue weighted by atomic mass is 19.4. The number of carboxylic acid groups (broad SMARTS) is 1. The number of hydrogen-bond donors (Lipinski definition) is 1. The highest BCUT2D eigenvalue weighted by molar-refractivity contribution is 5.92. The van der Waals surface area contributed by atoms with E-state index in [1.807, 2.05) is 0 Å². The topological polar surface area (TPSA) is 66.8 Å². The molecule has 0 atom stereocenters. The number of ether oxygens (including phenoxy) is 1. The number of carbonyl (C=O) groups is 2. The van der Waals surface area contributed by atoms with E-state index in [0.717, 1.165) is 17.0 Å². The maximum atomic E-state index is 12.1. The number of aliphatic carboxylic acids is 1. The Kier molecular flexibility index (Phi) is 4.95. The van der Waals surface area contributed by atoms with Crippen LogP contribution in [0.3, 0.4) is 0 Å². The van der Waals surface area contributed by atoms with Crippen LogP contribution >= 0.6 is 0 Å². The Labute approximate surface area is 112 Å². The van der Waals surface area contributed by atoms with Gasteiger partial charge in [0.2, 0.25) is 5.91 Å². The maximum absolute atomic E-state index is 12.1. The Morgan fingerprint density at radius 2 is 2.00 bits per heavy atom. The van der Waals surface area contributed by atoms with Crippen molar-refractivity contribution in [1.29, 1.82) is 0 Å². The smallest absolute Gasteiger partial charge is 0.481 e. The van der Waals surface area contributed by atoms with Crippen molar-refractivity contribution in [2.75, 3.05) is 11.4 Å². The van der Waals surface area contributed by atoms with E-state index in [9.17, 15) is 22.8 Å². The van der Waals surface area contributed by atoms with Crippen LogP contribution in [-0.4, -0.2) is 29.9 Å². The van der Waals surface area contributed by atoms with Crippen molar-refractivity contribution in [3.05, 3.63) is 24.3 Å². The third-order valence-corrected chi connectivity index (χ3v) is 2.29. The second-order valence-corrected chi connectivity index (χ2v) is 3.86. The fourth-order valence-corrected chi connectivity index (χ4v) is 1.52. The minimum Gasteiger partial charge on any atom is -0.481 e. The number of halogens is 3. The second kappa shape index (κ2) is 6.27. The van der Waals surface area contributed by atoms with Gasteiger partial charge in [-0.3, -0.25) is 9.59 Å². The van der Waals surface area contributed by atoms with Gasteiger partial charge in [-0.2, -0.15) is 0 Å². The van der Waals surface area contributed by atoms with Gasteiger partial charge in [0, 0.05) is 25.2 Å². The summed E-state index contributed by atoms with van der Waals surface area (Å²) in [6.45, 7) is 1.05. The second-order valence-electron chi connectivity index (χ2n) is 3.86. The molecule has 0 heterocycles. The summed E-state index contributed by atoms with van der Waals surface area (Å²) < 4.78 is 40.1. The van der Waals surface area contributed by atoms with Crippen molar-refractivity contribution in [1.82, 2.24) is 0 Å². The van der Waals surface area contributed by atoms with E-state index in [1.165, 1.54) is 19.1 Å². The lowest BCUT2D eigenvalue weighted by Gasteiger charge is -2.21. The summed E-state index contributed by atoms with van der Waals surface area (Å²) in [6.07, 6.45) is -5.15. The molecule has 1 aromatic rings. The molecule has 1 rings (SSSR count). The van der Waals surface area contributed by atoms with Gasteiger partial charge in [0.25, 0.3) is 0 Å². The van der Waals surface area contributed by atoms with Crippen molar-refractivity contribution in [3.63, 3.8) is 0 Å². The van der Waals surface area contributed by atoms with Crippen LogP contribution in [0.15, 0.2) is 24.3 Å².